The minimum absolute atomic E-state index is 0.580. The Balaban J connectivity index is 1.95. The zero-order valence-electron chi connectivity index (χ0n) is 14.4. The first-order chi connectivity index (χ1) is 12.0. The summed E-state index contributed by atoms with van der Waals surface area (Å²) < 4.78 is 0. The number of rotatable bonds is 3. The smallest absolute Gasteiger partial charge is 0.110 e. The van der Waals surface area contributed by atoms with E-state index in [0.29, 0.717) is 12.0 Å². The van der Waals surface area contributed by atoms with Crippen molar-refractivity contribution in [3.63, 3.8) is 0 Å². The van der Waals surface area contributed by atoms with Crippen molar-refractivity contribution in [3.05, 3.63) is 59.8 Å². The van der Waals surface area contributed by atoms with Crippen LogP contribution in [0.4, 0.5) is 5.69 Å². The zero-order chi connectivity index (χ0) is 17.8. The zero-order valence-corrected chi connectivity index (χ0v) is 14.4. The fourth-order valence-electron chi connectivity index (χ4n) is 2.37. The third kappa shape index (κ3) is 3.96. The van der Waals surface area contributed by atoms with Crippen molar-refractivity contribution in [1.82, 2.24) is 19.9 Å². The standard InChI is InChI=1S/C19H18N6/c1-13-10-22-16(11-21-13)8-19(25(2)3)24-17-7-15-6-14(9-20)4-5-18(15)23-12-17/h4-7,10-12H,8H2,1-3H3. The molecule has 0 radical (unpaired) electrons. The van der Waals surface area contributed by atoms with Crippen LogP contribution < -0.4 is 0 Å². The lowest BCUT2D eigenvalue weighted by molar-refractivity contribution is 0.608. The topological polar surface area (TPSA) is 78.1 Å². The second-order valence-electron chi connectivity index (χ2n) is 5.96. The van der Waals surface area contributed by atoms with E-state index in [1.54, 1.807) is 24.7 Å². The molecule has 0 spiro atoms. The van der Waals surface area contributed by atoms with Gasteiger partial charge in [0.05, 0.1) is 40.4 Å². The van der Waals surface area contributed by atoms with Gasteiger partial charge in [-0.1, -0.05) is 0 Å². The van der Waals surface area contributed by atoms with E-state index in [2.05, 4.69) is 21.0 Å². The van der Waals surface area contributed by atoms with Crippen LogP contribution in [0, 0.1) is 18.3 Å². The van der Waals surface area contributed by atoms with Crippen molar-refractivity contribution in [3.8, 4) is 6.07 Å². The Bertz CT molecular complexity index is 967. The second-order valence-corrected chi connectivity index (χ2v) is 5.96. The maximum absolute atomic E-state index is 9.05. The quantitative estimate of drug-likeness (QED) is 0.545. The van der Waals surface area contributed by atoms with E-state index >= 15 is 0 Å². The van der Waals surface area contributed by atoms with Gasteiger partial charge in [0.2, 0.25) is 0 Å². The third-order valence-corrected chi connectivity index (χ3v) is 3.74. The van der Waals surface area contributed by atoms with Gasteiger partial charge in [0.15, 0.2) is 0 Å². The van der Waals surface area contributed by atoms with Crippen LogP contribution in [0.15, 0.2) is 47.8 Å². The van der Waals surface area contributed by atoms with Crippen molar-refractivity contribution < 1.29 is 0 Å². The highest BCUT2D eigenvalue weighted by atomic mass is 15.1. The molecule has 6 heteroatoms. The van der Waals surface area contributed by atoms with Gasteiger partial charge < -0.3 is 4.90 Å². The predicted molar refractivity (Wildman–Crippen MR) is 97.7 cm³/mol. The Hall–Kier alpha value is -3.33. The van der Waals surface area contributed by atoms with Crippen molar-refractivity contribution >= 4 is 22.4 Å². The number of nitrogens with zero attached hydrogens (tertiary/aromatic N) is 6. The van der Waals surface area contributed by atoms with Gasteiger partial charge in [-0.15, -0.1) is 0 Å². The number of benzene rings is 1. The normalized spacial score (nSPS) is 11.4. The van der Waals surface area contributed by atoms with Crippen LogP contribution in [0.5, 0.6) is 0 Å². The molecular formula is C19H18N6. The Morgan fingerprint density at radius 2 is 1.96 bits per heavy atom. The van der Waals surface area contributed by atoms with Gasteiger partial charge in [-0.2, -0.15) is 5.26 Å². The summed E-state index contributed by atoms with van der Waals surface area (Å²) in [6, 6.07) is 9.51. The number of amidine groups is 1. The Kier molecular flexibility index (Phi) is 4.66. The van der Waals surface area contributed by atoms with Gasteiger partial charge >= 0.3 is 0 Å². The highest BCUT2D eigenvalue weighted by Crippen LogP contribution is 2.20. The molecule has 0 saturated carbocycles. The van der Waals surface area contributed by atoms with Crippen LogP contribution >= 0.6 is 0 Å². The molecule has 0 saturated heterocycles. The molecule has 2 heterocycles. The van der Waals surface area contributed by atoms with Gasteiger partial charge in [-0.25, -0.2) is 4.99 Å². The lowest BCUT2D eigenvalue weighted by Gasteiger charge is -2.15. The molecule has 0 aliphatic carbocycles. The molecule has 0 amide bonds. The lowest BCUT2D eigenvalue weighted by atomic mass is 10.1. The Morgan fingerprint density at radius 1 is 1.12 bits per heavy atom. The number of aromatic nitrogens is 3. The van der Waals surface area contributed by atoms with E-state index < -0.39 is 0 Å². The number of likely N-dealkylation sites (N-methyl/N-ethyl adjacent to an activating group) is 1. The van der Waals surface area contributed by atoms with Crippen molar-refractivity contribution in [2.24, 2.45) is 4.99 Å². The minimum atomic E-state index is 0.580. The molecule has 124 valence electrons. The molecule has 0 aliphatic heterocycles. The summed E-state index contributed by atoms with van der Waals surface area (Å²) >= 11 is 0. The summed E-state index contributed by atoms with van der Waals surface area (Å²) in [5.41, 5.74) is 3.94. The first kappa shape index (κ1) is 16.5. The van der Waals surface area contributed by atoms with Gasteiger partial charge in [0.25, 0.3) is 0 Å². The molecule has 25 heavy (non-hydrogen) atoms. The largest absolute Gasteiger partial charge is 0.366 e. The van der Waals surface area contributed by atoms with Crippen molar-refractivity contribution in [2.45, 2.75) is 13.3 Å². The summed E-state index contributed by atoms with van der Waals surface area (Å²) in [5.74, 6) is 0.857. The van der Waals surface area contributed by atoms with E-state index in [1.165, 1.54) is 0 Å². The van der Waals surface area contributed by atoms with Crippen LogP contribution in [-0.4, -0.2) is 39.8 Å². The first-order valence-corrected chi connectivity index (χ1v) is 7.87. The number of pyridine rings is 1. The van der Waals surface area contributed by atoms with E-state index in [4.69, 9.17) is 10.3 Å². The van der Waals surface area contributed by atoms with Crippen molar-refractivity contribution in [1.29, 1.82) is 5.26 Å². The van der Waals surface area contributed by atoms with Crippen molar-refractivity contribution in [2.75, 3.05) is 14.1 Å². The average molecular weight is 330 g/mol. The Labute approximate surface area is 146 Å². The molecular weight excluding hydrogens is 312 g/mol. The fourth-order valence-corrected chi connectivity index (χ4v) is 2.37. The van der Waals surface area contributed by atoms with Gasteiger partial charge in [-0.05, 0) is 31.2 Å². The number of nitriles is 1. The molecule has 2 aromatic heterocycles. The van der Waals surface area contributed by atoms with Gasteiger partial charge in [0.1, 0.15) is 5.84 Å². The molecule has 0 fully saturated rings. The third-order valence-electron chi connectivity index (χ3n) is 3.74. The number of aliphatic imine (C=N–C) groups is 1. The van der Waals surface area contributed by atoms with E-state index in [0.717, 1.165) is 33.8 Å². The number of aryl methyl sites for hydroxylation is 1. The SMILES string of the molecule is Cc1cnc(CC(=Nc2cnc3ccc(C#N)cc3c2)N(C)C)cn1. The summed E-state index contributed by atoms with van der Waals surface area (Å²) in [7, 11) is 3.89. The van der Waals surface area contributed by atoms with E-state index in [-0.39, 0.29) is 0 Å². The second kappa shape index (κ2) is 7.05. The van der Waals surface area contributed by atoms with E-state index in [1.807, 2.05) is 44.1 Å². The molecule has 3 rings (SSSR count). The first-order valence-electron chi connectivity index (χ1n) is 7.87. The number of hydrogen-bond donors (Lipinski definition) is 0. The molecule has 0 N–H and O–H groups in total. The van der Waals surface area contributed by atoms with Gasteiger partial charge in [-0.3, -0.25) is 15.0 Å². The maximum Gasteiger partial charge on any atom is 0.110 e. The summed E-state index contributed by atoms with van der Waals surface area (Å²) in [4.78, 5) is 19.8. The molecule has 1 aromatic carbocycles. The molecule has 6 nitrogen and oxygen atoms in total. The Morgan fingerprint density at radius 3 is 2.64 bits per heavy atom. The highest BCUT2D eigenvalue weighted by molar-refractivity contribution is 5.88. The molecule has 3 aromatic rings. The molecule has 0 bridgehead atoms. The highest BCUT2D eigenvalue weighted by Gasteiger charge is 2.07. The van der Waals surface area contributed by atoms with Crippen LogP contribution in [0.2, 0.25) is 0 Å². The summed E-state index contributed by atoms with van der Waals surface area (Å²) in [6.07, 6.45) is 5.84. The average Bonchev–Trinajstić information content (AvgIpc) is 2.62. The lowest BCUT2D eigenvalue weighted by Crippen LogP contribution is -2.24. The van der Waals surface area contributed by atoms with E-state index in [9.17, 15) is 0 Å². The maximum atomic E-state index is 9.05. The minimum Gasteiger partial charge on any atom is -0.366 e. The van der Waals surface area contributed by atoms with Crippen LogP contribution in [0.1, 0.15) is 17.0 Å². The molecule has 0 unspecified atom stereocenters. The predicted octanol–water partition coefficient (Wildman–Crippen LogP) is 3.04. The monoisotopic (exact) mass is 330 g/mol. The summed E-state index contributed by atoms with van der Waals surface area (Å²) in [5, 5.41) is 9.95. The number of hydrogen-bond acceptors (Lipinski definition) is 5. The van der Waals surface area contributed by atoms with Crippen LogP contribution in [0.25, 0.3) is 10.9 Å². The van der Waals surface area contributed by atoms with Crippen LogP contribution in [-0.2, 0) is 6.42 Å². The fraction of sp³-hybridized carbons (Fsp3) is 0.211. The molecule has 0 atom stereocenters. The summed E-state index contributed by atoms with van der Waals surface area (Å²) in [6.45, 7) is 1.91. The van der Waals surface area contributed by atoms with Crippen LogP contribution in [0.3, 0.4) is 0 Å². The van der Waals surface area contributed by atoms with Gasteiger partial charge in [0, 0.05) is 38.3 Å². The number of fused-ring (bicyclic) bond motifs is 1. The molecule has 0 aliphatic rings.